The third-order valence-electron chi connectivity index (χ3n) is 15.9. The highest BCUT2D eigenvalue weighted by molar-refractivity contribution is 5.84. The Morgan fingerprint density at radius 3 is 2.26 bits per heavy atom. The standard InChI is InChI=1S/C44H66O6/c1-27(2)29(5)40(7)21-22-42(9)32-17-18-35-41(8)25-48-26-44(35,23-34(47-11)38(41)50-30(6)36(45)28(3)4)33(32)19-20-43(42,10)37(40)39(46)49-24-31-15-13-12-14-16-31/h12-16,19,27-30,32,34-35,37-38H,17-18,20-26H2,1-11H3/t29-,30?,32+,34-,35+,37-,38+,40-,41+,42-,43+,44+/m1/s1. The minimum Gasteiger partial charge on any atom is -0.461 e. The highest BCUT2D eigenvalue weighted by Crippen LogP contribution is 2.75. The minimum atomic E-state index is -0.489. The van der Waals surface area contributed by atoms with Gasteiger partial charge in [0, 0.05) is 23.9 Å². The minimum absolute atomic E-state index is 0.0308. The zero-order valence-electron chi connectivity index (χ0n) is 33.0. The zero-order chi connectivity index (χ0) is 36.4. The number of esters is 1. The maximum Gasteiger partial charge on any atom is 0.310 e. The van der Waals surface area contributed by atoms with Gasteiger partial charge in [-0.15, -0.1) is 0 Å². The molecule has 0 N–H and O–H groups in total. The molecule has 278 valence electrons. The van der Waals surface area contributed by atoms with E-state index in [1.165, 1.54) is 0 Å². The number of carbonyl (C=O) groups is 2. The lowest BCUT2D eigenvalue weighted by Crippen LogP contribution is -2.70. The summed E-state index contributed by atoms with van der Waals surface area (Å²) >= 11 is 0. The smallest absolute Gasteiger partial charge is 0.310 e. The molecule has 0 radical (unpaired) electrons. The number of methoxy groups -OCH3 is 1. The number of benzene rings is 1. The van der Waals surface area contributed by atoms with E-state index >= 15 is 0 Å². The molecule has 12 atom stereocenters. The second kappa shape index (κ2) is 13.4. The normalized spacial score (nSPS) is 42.1. The molecule has 1 aromatic carbocycles. The summed E-state index contributed by atoms with van der Waals surface area (Å²) < 4.78 is 26.0. The average molecular weight is 691 g/mol. The molecule has 6 nitrogen and oxygen atoms in total. The molecule has 6 heteroatoms. The summed E-state index contributed by atoms with van der Waals surface area (Å²) in [5, 5.41) is 0. The van der Waals surface area contributed by atoms with Gasteiger partial charge in [-0.3, -0.25) is 9.59 Å². The first-order valence-electron chi connectivity index (χ1n) is 19.7. The Hall–Kier alpha value is -2.02. The summed E-state index contributed by atoms with van der Waals surface area (Å²) in [7, 11) is 1.81. The van der Waals surface area contributed by atoms with Gasteiger partial charge in [-0.1, -0.05) is 104 Å². The lowest BCUT2D eigenvalue weighted by atomic mass is 9.34. The van der Waals surface area contributed by atoms with Crippen LogP contribution >= 0.6 is 0 Å². The Bertz CT molecular complexity index is 1450. The summed E-state index contributed by atoms with van der Waals surface area (Å²) in [5.41, 5.74) is 1.63. The number of ketones is 1. The van der Waals surface area contributed by atoms with E-state index in [-0.39, 0.29) is 62.9 Å². The van der Waals surface area contributed by atoms with Crippen LogP contribution in [0.3, 0.4) is 0 Å². The summed E-state index contributed by atoms with van der Waals surface area (Å²) in [5.74, 6) is 1.36. The van der Waals surface area contributed by atoms with Gasteiger partial charge < -0.3 is 18.9 Å². The molecular formula is C44H66O6. The predicted octanol–water partition coefficient (Wildman–Crippen LogP) is 9.25. The van der Waals surface area contributed by atoms with Gasteiger partial charge in [0.1, 0.15) is 12.7 Å². The van der Waals surface area contributed by atoms with Crippen molar-refractivity contribution in [2.24, 2.45) is 62.6 Å². The van der Waals surface area contributed by atoms with E-state index in [9.17, 15) is 9.59 Å². The quantitative estimate of drug-likeness (QED) is 0.180. The number of Topliss-reactive ketones (excluding diaryl/α,β-unsaturated/α-hetero) is 1. The predicted molar refractivity (Wildman–Crippen MR) is 197 cm³/mol. The van der Waals surface area contributed by atoms with Gasteiger partial charge in [0.2, 0.25) is 0 Å². The largest absolute Gasteiger partial charge is 0.461 e. The molecule has 1 heterocycles. The van der Waals surface area contributed by atoms with Crippen LogP contribution in [0, 0.1) is 62.6 Å². The molecule has 1 aromatic rings. The van der Waals surface area contributed by atoms with Gasteiger partial charge in [-0.2, -0.15) is 0 Å². The molecule has 0 aromatic heterocycles. The van der Waals surface area contributed by atoms with E-state index in [0.717, 1.165) is 44.1 Å². The second-order valence-corrected chi connectivity index (χ2v) is 18.8. The van der Waals surface area contributed by atoms with Crippen LogP contribution in [0.4, 0.5) is 0 Å². The van der Waals surface area contributed by atoms with Gasteiger partial charge >= 0.3 is 5.97 Å². The van der Waals surface area contributed by atoms with Crippen molar-refractivity contribution in [1.82, 2.24) is 0 Å². The van der Waals surface area contributed by atoms with Crippen LogP contribution in [0.15, 0.2) is 42.0 Å². The van der Waals surface area contributed by atoms with Crippen LogP contribution in [0.2, 0.25) is 0 Å². The Kier molecular flexibility index (Phi) is 10.1. The Morgan fingerprint density at radius 1 is 0.920 bits per heavy atom. The van der Waals surface area contributed by atoms with Crippen molar-refractivity contribution in [2.75, 3.05) is 20.3 Å². The van der Waals surface area contributed by atoms with Crippen molar-refractivity contribution in [2.45, 2.75) is 133 Å². The van der Waals surface area contributed by atoms with Gasteiger partial charge in [0.15, 0.2) is 5.78 Å². The highest BCUT2D eigenvalue weighted by atomic mass is 16.6. The maximum atomic E-state index is 14.7. The second-order valence-electron chi connectivity index (χ2n) is 18.8. The van der Waals surface area contributed by atoms with E-state index in [2.05, 4.69) is 54.5 Å². The fourth-order valence-electron chi connectivity index (χ4n) is 12.6. The summed E-state index contributed by atoms with van der Waals surface area (Å²) in [6.07, 6.45) is 7.68. The number of fused-ring (bicyclic) bond motifs is 3. The number of hydrogen-bond donors (Lipinski definition) is 0. The zero-order valence-corrected chi connectivity index (χ0v) is 33.0. The third-order valence-corrected chi connectivity index (χ3v) is 15.9. The molecule has 0 amide bonds. The van der Waals surface area contributed by atoms with E-state index in [1.54, 1.807) is 5.57 Å². The fourth-order valence-corrected chi connectivity index (χ4v) is 12.6. The van der Waals surface area contributed by atoms with Crippen LogP contribution in [-0.4, -0.2) is 50.4 Å². The van der Waals surface area contributed by atoms with Crippen LogP contribution in [0.25, 0.3) is 0 Å². The number of hydrogen-bond acceptors (Lipinski definition) is 6. The Balaban J connectivity index is 1.38. The molecule has 5 aliphatic rings. The van der Waals surface area contributed by atoms with Crippen LogP contribution in [0.1, 0.15) is 113 Å². The molecule has 1 aliphatic heterocycles. The van der Waals surface area contributed by atoms with E-state index in [1.807, 2.05) is 58.2 Å². The molecule has 6 rings (SSSR count). The number of ether oxygens (including phenoxy) is 4. The molecular weight excluding hydrogens is 624 g/mol. The molecule has 3 saturated carbocycles. The first kappa shape index (κ1) is 37.7. The topological polar surface area (TPSA) is 71.1 Å². The van der Waals surface area contributed by atoms with Crippen molar-refractivity contribution >= 4 is 11.8 Å². The van der Waals surface area contributed by atoms with E-state index in [4.69, 9.17) is 18.9 Å². The lowest BCUT2D eigenvalue weighted by molar-refractivity contribution is -0.272. The van der Waals surface area contributed by atoms with Crippen LogP contribution < -0.4 is 0 Å². The van der Waals surface area contributed by atoms with Crippen molar-refractivity contribution in [3.8, 4) is 0 Å². The van der Waals surface area contributed by atoms with Crippen LogP contribution in [-0.2, 0) is 35.1 Å². The van der Waals surface area contributed by atoms with Crippen molar-refractivity contribution in [3.63, 3.8) is 0 Å². The van der Waals surface area contributed by atoms with Crippen LogP contribution in [0.5, 0.6) is 0 Å². The SMILES string of the molecule is CO[C@@H]1C[C@@]23COC[C@@](C)([C@@H]2CC[C@H]2C3=CC[C@@]3(C)[C@H](C(=O)OCc4ccccc4)[C@@](C)([C@H](C)C(C)C)CC[C@]23C)[C@H]1OC(C)C(=O)C(C)C. The average Bonchev–Trinajstić information content (AvgIpc) is 3.08. The van der Waals surface area contributed by atoms with Gasteiger partial charge in [0.25, 0.3) is 0 Å². The first-order valence-corrected chi connectivity index (χ1v) is 19.7. The number of allylic oxidation sites excluding steroid dienone is 1. The third kappa shape index (κ3) is 5.59. The molecule has 1 unspecified atom stereocenters. The van der Waals surface area contributed by atoms with Crippen molar-refractivity contribution in [1.29, 1.82) is 0 Å². The van der Waals surface area contributed by atoms with Gasteiger partial charge in [0.05, 0.1) is 31.3 Å². The molecule has 1 saturated heterocycles. The summed E-state index contributed by atoms with van der Waals surface area (Å²) in [6.45, 7) is 24.1. The molecule has 0 spiro atoms. The van der Waals surface area contributed by atoms with E-state index in [0.29, 0.717) is 43.5 Å². The molecule has 50 heavy (non-hydrogen) atoms. The van der Waals surface area contributed by atoms with Gasteiger partial charge in [-0.25, -0.2) is 0 Å². The maximum absolute atomic E-state index is 14.7. The molecule has 2 bridgehead atoms. The lowest BCUT2D eigenvalue weighted by Gasteiger charge is -2.71. The summed E-state index contributed by atoms with van der Waals surface area (Å²) in [6, 6.07) is 10.1. The monoisotopic (exact) mass is 690 g/mol. The highest BCUT2D eigenvalue weighted by Gasteiger charge is 2.72. The number of carbonyl (C=O) groups excluding carboxylic acids is 2. The first-order chi connectivity index (χ1) is 23.5. The molecule has 4 aliphatic carbocycles. The van der Waals surface area contributed by atoms with Gasteiger partial charge in [-0.05, 0) is 90.9 Å². The fraction of sp³-hybridized carbons (Fsp3) is 0.773. The number of rotatable bonds is 10. The summed E-state index contributed by atoms with van der Waals surface area (Å²) in [4.78, 5) is 27.7. The van der Waals surface area contributed by atoms with Crippen molar-refractivity contribution < 1.29 is 28.5 Å². The Labute approximate surface area is 302 Å². The Morgan fingerprint density at radius 2 is 1.62 bits per heavy atom. The molecule has 4 fully saturated rings. The van der Waals surface area contributed by atoms with E-state index < -0.39 is 6.10 Å². The van der Waals surface area contributed by atoms with Crippen molar-refractivity contribution in [3.05, 3.63) is 47.5 Å².